The van der Waals surface area contributed by atoms with E-state index in [1.165, 1.54) is 0 Å². The molecule has 138 valence electrons. The average Bonchev–Trinajstić information content (AvgIpc) is 3.02. The van der Waals surface area contributed by atoms with Crippen LogP contribution in [-0.4, -0.2) is 33.8 Å². The Morgan fingerprint density at radius 2 is 2.16 bits per heavy atom. The van der Waals surface area contributed by atoms with Crippen LogP contribution in [0.2, 0.25) is 5.02 Å². The van der Waals surface area contributed by atoms with Gasteiger partial charge in [-0.2, -0.15) is 0 Å². The number of halogens is 2. The van der Waals surface area contributed by atoms with E-state index in [0.29, 0.717) is 6.54 Å². The van der Waals surface area contributed by atoms with Gasteiger partial charge in [-0.15, -0.1) is 34.2 Å². The lowest BCUT2D eigenvalue weighted by atomic mass is 10.1. The highest BCUT2D eigenvalue weighted by molar-refractivity contribution is 14.0. The molecule has 1 unspecified atom stereocenters. The maximum absolute atomic E-state index is 6.07. The molecule has 0 fully saturated rings. The smallest absolute Gasteiger partial charge is 0.191 e. The van der Waals surface area contributed by atoms with Crippen molar-refractivity contribution in [2.24, 2.45) is 4.99 Å². The van der Waals surface area contributed by atoms with E-state index in [0.717, 1.165) is 41.9 Å². The summed E-state index contributed by atoms with van der Waals surface area (Å²) in [5.41, 5.74) is 1.13. The summed E-state index contributed by atoms with van der Waals surface area (Å²) in [5, 5.41) is 15.5. The van der Waals surface area contributed by atoms with Crippen LogP contribution in [0.3, 0.4) is 0 Å². The summed E-state index contributed by atoms with van der Waals surface area (Å²) in [5.74, 6) is 1.77. The first-order valence-electron chi connectivity index (χ1n) is 8.31. The van der Waals surface area contributed by atoms with Gasteiger partial charge in [0.1, 0.15) is 12.2 Å². The minimum absolute atomic E-state index is 0. The Morgan fingerprint density at radius 3 is 2.84 bits per heavy atom. The van der Waals surface area contributed by atoms with Crippen molar-refractivity contribution in [3.8, 4) is 0 Å². The lowest BCUT2D eigenvalue weighted by molar-refractivity contribution is 0.649. The molecular weight excluding hydrogens is 451 g/mol. The molecule has 0 aliphatic rings. The predicted molar refractivity (Wildman–Crippen MR) is 114 cm³/mol. The summed E-state index contributed by atoms with van der Waals surface area (Å²) in [6, 6.07) is 7.97. The van der Waals surface area contributed by atoms with Crippen molar-refractivity contribution in [2.75, 3.05) is 13.1 Å². The van der Waals surface area contributed by atoms with Crippen LogP contribution < -0.4 is 10.6 Å². The molecule has 0 saturated carbocycles. The van der Waals surface area contributed by atoms with Gasteiger partial charge in [-0.1, -0.05) is 30.7 Å². The highest BCUT2D eigenvalue weighted by atomic mass is 127. The third-order valence-corrected chi connectivity index (χ3v) is 3.90. The Kier molecular flexibility index (Phi) is 9.81. The van der Waals surface area contributed by atoms with Crippen molar-refractivity contribution in [2.45, 2.75) is 39.8 Å². The SMILES string of the molecule is CCNC(=NCCn1cnnc1CC)NC(C)c1cccc(Cl)c1.I. The molecule has 2 N–H and O–H groups in total. The second-order valence-corrected chi connectivity index (χ2v) is 5.91. The van der Waals surface area contributed by atoms with Gasteiger partial charge >= 0.3 is 0 Å². The largest absolute Gasteiger partial charge is 0.357 e. The van der Waals surface area contributed by atoms with Gasteiger partial charge in [0.05, 0.1) is 12.6 Å². The number of aliphatic imine (C=N–C) groups is 1. The highest BCUT2D eigenvalue weighted by Gasteiger charge is 2.08. The zero-order valence-corrected chi connectivity index (χ0v) is 18.0. The Hall–Kier alpha value is -1.35. The van der Waals surface area contributed by atoms with Gasteiger partial charge in [0.15, 0.2) is 5.96 Å². The molecule has 0 saturated heterocycles. The lowest BCUT2D eigenvalue weighted by Crippen LogP contribution is -2.39. The number of hydrogen-bond acceptors (Lipinski definition) is 3. The van der Waals surface area contributed by atoms with Crippen LogP contribution in [-0.2, 0) is 13.0 Å². The number of aryl methyl sites for hydroxylation is 1. The number of nitrogens with zero attached hydrogens (tertiary/aromatic N) is 4. The standard InChI is InChI=1S/C17H25ClN6.HI/c1-4-16-23-21-12-24(16)10-9-20-17(19-5-2)22-13(3)14-7-6-8-15(18)11-14;/h6-8,11-13H,4-5,9-10H2,1-3H3,(H2,19,20,22);1H. The molecule has 0 amide bonds. The summed E-state index contributed by atoms with van der Waals surface area (Å²) in [4.78, 5) is 4.64. The Labute approximate surface area is 171 Å². The molecule has 0 radical (unpaired) electrons. The first kappa shape index (κ1) is 21.7. The highest BCUT2D eigenvalue weighted by Crippen LogP contribution is 2.17. The molecule has 0 aliphatic carbocycles. The Balaban J connectivity index is 0.00000312. The normalized spacial score (nSPS) is 12.4. The van der Waals surface area contributed by atoms with Crippen LogP contribution in [0, 0.1) is 0 Å². The van der Waals surface area contributed by atoms with Crippen molar-refractivity contribution >= 4 is 41.5 Å². The number of benzene rings is 1. The van der Waals surface area contributed by atoms with Crippen molar-refractivity contribution < 1.29 is 0 Å². The Bertz CT molecular complexity index is 673. The summed E-state index contributed by atoms with van der Waals surface area (Å²) in [7, 11) is 0. The summed E-state index contributed by atoms with van der Waals surface area (Å²) >= 11 is 6.07. The monoisotopic (exact) mass is 476 g/mol. The molecule has 1 aromatic carbocycles. The molecule has 6 nitrogen and oxygen atoms in total. The third-order valence-electron chi connectivity index (χ3n) is 3.67. The first-order valence-corrected chi connectivity index (χ1v) is 8.68. The lowest BCUT2D eigenvalue weighted by Gasteiger charge is -2.18. The fraction of sp³-hybridized carbons (Fsp3) is 0.471. The van der Waals surface area contributed by atoms with Gasteiger partial charge in [-0.05, 0) is 31.5 Å². The van der Waals surface area contributed by atoms with Gasteiger partial charge in [-0.25, -0.2) is 0 Å². The molecule has 1 aromatic heterocycles. The van der Waals surface area contributed by atoms with Crippen molar-refractivity contribution in [3.63, 3.8) is 0 Å². The van der Waals surface area contributed by atoms with Crippen molar-refractivity contribution in [1.82, 2.24) is 25.4 Å². The van der Waals surface area contributed by atoms with Crippen LogP contribution in [0.25, 0.3) is 0 Å². The molecule has 0 bridgehead atoms. The number of aromatic nitrogens is 3. The van der Waals surface area contributed by atoms with Gasteiger partial charge in [0.25, 0.3) is 0 Å². The number of rotatable bonds is 7. The van der Waals surface area contributed by atoms with E-state index in [4.69, 9.17) is 11.6 Å². The van der Waals surface area contributed by atoms with E-state index < -0.39 is 0 Å². The van der Waals surface area contributed by atoms with Gasteiger partial charge in [-0.3, -0.25) is 4.99 Å². The number of nitrogens with one attached hydrogen (secondary N) is 2. The summed E-state index contributed by atoms with van der Waals surface area (Å²) in [6.07, 6.45) is 2.62. The van der Waals surface area contributed by atoms with E-state index in [-0.39, 0.29) is 30.0 Å². The van der Waals surface area contributed by atoms with E-state index >= 15 is 0 Å². The molecule has 2 aromatic rings. The van der Waals surface area contributed by atoms with Crippen LogP contribution in [0.1, 0.15) is 38.2 Å². The van der Waals surface area contributed by atoms with Crippen molar-refractivity contribution in [1.29, 1.82) is 0 Å². The zero-order chi connectivity index (χ0) is 17.4. The van der Waals surface area contributed by atoms with Crippen LogP contribution >= 0.6 is 35.6 Å². The third kappa shape index (κ3) is 6.81. The molecule has 8 heteroatoms. The molecule has 1 atom stereocenters. The Morgan fingerprint density at radius 1 is 1.36 bits per heavy atom. The maximum atomic E-state index is 6.07. The average molecular weight is 477 g/mol. The van der Waals surface area contributed by atoms with Crippen molar-refractivity contribution in [3.05, 3.63) is 47.0 Å². The number of guanidine groups is 1. The minimum atomic E-state index is 0. The first-order chi connectivity index (χ1) is 11.6. The molecule has 1 heterocycles. The van der Waals surface area contributed by atoms with E-state index in [1.54, 1.807) is 6.33 Å². The van der Waals surface area contributed by atoms with Gasteiger partial charge in [0, 0.05) is 24.5 Å². The van der Waals surface area contributed by atoms with Gasteiger partial charge < -0.3 is 15.2 Å². The molecule has 0 aliphatic heterocycles. The zero-order valence-electron chi connectivity index (χ0n) is 14.9. The second kappa shape index (κ2) is 11.3. The number of hydrogen-bond donors (Lipinski definition) is 2. The quantitative estimate of drug-likeness (QED) is 0.365. The molecule has 0 spiro atoms. The van der Waals surface area contributed by atoms with E-state index in [9.17, 15) is 0 Å². The molecule has 25 heavy (non-hydrogen) atoms. The minimum Gasteiger partial charge on any atom is -0.357 e. The fourth-order valence-electron chi connectivity index (χ4n) is 2.39. The topological polar surface area (TPSA) is 67.1 Å². The summed E-state index contributed by atoms with van der Waals surface area (Å²) < 4.78 is 2.04. The maximum Gasteiger partial charge on any atom is 0.191 e. The van der Waals surface area contributed by atoms with Crippen LogP contribution in [0.15, 0.2) is 35.6 Å². The predicted octanol–water partition coefficient (Wildman–Crippen LogP) is 3.43. The van der Waals surface area contributed by atoms with Crippen LogP contribution in [0.4, 0.5) is 0 Å². The fourth-order valence-corrected chi connectivity index (χ4v) is 2.59. The van der Waals surface area contributed by atoms with Crippen LogP contribution in [0.5, 0.6) is 0 Å². The summed E-state index contributed by atoms with van der Waals surface area (Å²) in [6.45, 7) is 8.44. The van der Waals surface area contributed by atoms with E-state index in [1.807, 2.05) is 22.8 Å². The molecule has 2 rings (SSSR count). The second-order valence-electron chi connectivity index (χ2n) is 5.48. The molecular formula is C17H26ClIN6. The van der Waals surface area contributed by atoms with Gasteiger partial charge in [0.2, 0.25) is 0 Å². The van der Waals surface area contributed by atoms with E-state index in [2.05, 4.69) is 52.7 Å².